The molecule has 7 heteroatoms. The van der Waals surface area contributed by atoms with Crippen LogP contribution in [0.5, 0.6) is 0 Å². The first-order valence-electron chi connectivity index (χ1n) is 6.09. The molecule has 20 heavy (non-hydrogen) atoms. The summed E-state index contributed by atoms with van der Waals surface area (Å²) in [5, 5.41) is 13.4. The number of para-hydroxylation sites is 1. The van der Waals surface area contributed by atoms with Crippen LogP contribution < -0.4 is 11.0 Å². The number of halogens is 1. The standard InChI is InChI=1S/C13H12ClN5O/c1-8(14)9-4-2-3-5-10(9)15-11-6-7-12-16-17-13(20)19(12)18-11/h2-8H,1H3,(H,15,18)(H,17,20). The number of rotatable bonds is 3. The topological polar surface area (TPSA) is 75.1 Å². The number of nitrogens with one attached hydrogen (secondary N) is 2. The third kappa shape index (κ3) is 2.25. The first-order valence-corrected chi connectivity index (χ1v) is 6.53. The van der Waals surface area contributed by atoms with Gasteiger partial charge in [0, 0.05) is 5.69 Å². The maximum absolute atomic E-state index is 11.5. The predicted molar refractivity (Wildman–Crippen MR) is 77.6 cm³/mol. The second-order valence-electron chi connectivity index (χ2n) is 4.35. The van der Waals surface area contributed by atoms with Crippen molar-refractivity contribution in [2.45, 2.75) is 12.3 Å². The molecule has 6 nitrogen and oxygen atoms in total. The number of aromatic amines is 1. The molecule has 3 aromatic rings. The molecule has 0 bridgehead atoms. The molecule has 0 saturated carbocycles. The highest BCUT2D eigenvalue weighted by molar-refractivity contribution is 6.21. The van der Waals surface area contributed by atoms with E-state index in [-0.39, 0.29) is 11.1 Å². The molecule has 0 amide bonds. The van der Waals surface area contributed by atoms with Crippen molar-refractivity contribution in [1.82, 2.24) is 19.8 Å². The van der Waals surface area contributed by atoms with Gasteiger partial charge in [-0.1, -0.05) is 18.2 Å². The Morgan fingerprint density at radius 3 is 2.90 bits per heavy atom. The summed E-state index contributed by atoms with van der Waals surface area (Å²) in [5.41, 5.74) is 1.93. The summed E-state index contributed by atoms with van der Waals surface area (Å²) >= 11 is 6.15. The van der Waals surface area contributed by atoms with Crippen LogP contribution in [0.4, 0.5) is 11.5 Å². The van der Waals surface area contributed by atoms with E-state index >= 15 is 0 Å². The van der Waals surface area contributed by atoms with Crippen molar-refractivity contribution < 1.29 is 0 Å². The molecule has 3 rings (SSSR count). The van der Waals surface area contributed by atoms with Gasteiger partial charge in [-0.05, 0) is 30.7 Å². The van der Waals surface area contributed by atoms with Crippen molar-refractivity contribution in [3.05, 3.63) is 52.4 Å². The van der Waals surface area contributed by atoms with Crippen LogP contribution in [0.3, 0.4) is 0 Å². The number of H-pyrrole nitrogens is 1. The number of nitrogens with zero attached hydrogens (tertiary/aromatic N) is 3. The van der Waals surface area contributed by atoms with Gasteiger partial charge in [-0.25, -0.2) is 9.89 Å². The minimum atomic E-state index is -0.373. The fourth-order valence-corrected chi connectivity index (χ4v) is 2.16. The monoisotopic (exact) mass is 289 g/mol. The van der Waals surface area contributed by atoms with E-state index in [1.807, 2.05) is 31.2 Å². The SMILES string of the molecule is CC(Cl)c1ccccc1Nc1ccc2n[nH]c(=O)n2n1. The van der Waals surface area contributed by atoms with Gasteiger partial charge in [0.25, 0.3) is 0 Å². The van der Waals surface area contributed by atoms with Crippen LogP contribution in [0.1, 0.15) is 17.9 Å². The average molecular weight is 290 g/mol. The van der Waals surface area contributed by atoms with Gasteiger partial charge in [-0.3, -0.25) is 0 Å². The molecule has 0 saturated heterocycles. The van der Waals surface area contributed by atoms with E-state index < -0.39 is 0 Å². The van der Waals surface area contributed by atoms with Crippen molar-refractivity contribution >= 4 is 28.8 Å². The van der Waals surface area contributed by atoms with Crippen LogP contribution in [0, 0.1) is 0 Å². The number of aromatic nitrogens is 4. The quantitative estimate of drug-likeness (QED) is 0.726. The number of hydrogen-bond acceptors (Lipinski definition) is 4. The van der Waals surface area contributed by atoms with Crippen LogP contribution in [0.25, 0.3) is 5.65 Å². The fraction of sp³-hybridized carbons (Fsp3) is 0.154. The Hall–Kier alpha value is -2.34. The molecular weight excluding hydrogens is 278 g/mol. The zero-order valence-corrected chi connectivity index (χ0v) is 11.4. The van der Waals surface area contributed by atoms with E-state index in [1.165, 1.54) is 4.52 Å². The number of benzene rings is 1. The van der Waals surface area contributed by atoms with Gasteiger partial charge in [0.2, 0.25) is 0 Å². The van der Waals surface area contributed by atoms with Crippen molar-refractivity contribution in [1.29, 1.82) is 0 Å². The summed E-state index contributed by atoms with van der Waals surface area (Å²) < 4.78 is 1.20. The largest absolute Gasteiger partial charge is 0.364 e. The second kappa shape index (κ2) is 4.97. The highest BCUT2D eigenvalue weighted by atomic mass is 35.5. The summed E-state index contributed by atoms with van der Waals surface area (Å²) in [4.78, 5) is 11.5. The predicted octanol–water partition coefficient (Wildman–Crippen LogP) is 2.46. The molecule has 0 aliphatic heterocycles. The van der Waals surface area contributed by atoms with Crippen molar-refractivity contribution in [2.24, 2.45) is 0 Å². The first kappa shape index (κ1) is 12.7. The number of fused-ring (bicyclic) bond motifs is 1. The van der Waals surface area contributed by atoms with E-state index in [9.17, 15) is 4.79 Å². The van der Waals surface area contributed by atoms with Crippen molar-refractivity contribution in [2.75, 3.05) is 5.32 Å². The minimum Gasteiger partial charge on any atom is -0.339 e. The summed E-state index contributed by atoms with van der Waals surface area (Å²) in [6, 6.07) is 11.2. The molecule has 1 aromatic carbocycles. The van der Waals surface area contributed by atoms with Crippen LogP contribution >= 0.6 is 11.6 Å². The molecule has 0 aliphatic rings. The van der Waals surface area contributed by atoms with Crippen molar-refractivity contribution in [3.63, 3.8) is 0 Å². The molecule has 0 spiro atoms. The van der Waals surface area contributed by atoms with E-state index in [0.717, 1.165) is 11.3 Å². The Labute approximate surface area is 119 Å². The van der Waals surface area contributed by atoms with E-state index in [2.05, 4.69) is 20.6 Å². The Morgan fingerprint density at radius 1 is 1.30 bits per heavy atom. The number of anilines is 2. The van der Waals surface area contributed by atoms with E-state index in [4.69, 9.17) is 11.6 Å². The zero-order chi connectivity index (χ0) is 14.1. The lowest BCUT2D eigenvalue weighted by Crippen LogP contribution is -2.13. The van der Waals surface area contributed by atoms with Gasteiger partial charge in [0.15, 0.2) is 11.5 Å². The van der Waals surface area contributed by atoms with Gasteiger partial charge in [0.1, 0.15) is 0 Å². The highest BCUT2D eigenvalue weighted by Crippen LogP contribution is 2.28. The second-order valence-corrected chi connectivity index (χ2v) is 5.00. The van der Waals surface area contributed by atoms with Gasteiger partial charge >= 0.3 is 5.69 Å². The third-order valence-electron chi connectivity index (χ3n) is 2.93. The summed E-state index contributed by atoms with van der Waals surface area (Å²) in [6.45, 7) is 1.90. The smallest absolute Gasteiger partial charge is 0.339 e. The Morgan fingerprint density at radius 2 is 2.10 bits per heavy atom. The Bertz CT molecular complexity index is 808. The van der Waals surface area contributed by atoms with E-state index in [1.54, 1.807) is 12.1 Å². The molecule has 1 unspecified atom stereocenters. The normalized spacial score (nSPS) is 12.5. The maximum atomic E-state index is 11.5. The molecule has 2 heterocycles. The average Bonchev–Trinajstić information content (AvgIpc) is 2.81. The van der Waals surface area contributed by atoms with Gasteiger partial charge in [-0.2, -0.15) is 9.61 Å². The Balaban J connectivity index is 2.01. The molecular formula is C13H12ClN5O. The van der Waals surface area contributed by atoms with Gasteiger partial charge in [0.05, 0.1) is 5.38 Å². The summed E-state index contributed by atoms with van der Waals surface area (Å²) in [7, 11) is 0. The molecule has 0 aliphatic carbocycles. The lowest BCUT2D eigenvalue weighted by molar-refractivity contribution is 0.884. The lowest BCUT2D eigenvalue weighted by Gasteiger charge is -2.12. The molecule has 2 N–H and O–H groups in total. The molecule has 0 fully saturated rings. The molecule has 0 radical (unpaired) electrons. The molecule has 1 atom stereocenters. The van der Waals surface area contributed by atoms with Crippen LogP contribution in [-0.2, 0) is 0 Å². The van der Waals surface area contributed by atoms with Crippen LogP contribution in [0.2, 0.25) is 0 Å². The lowest BCUT2D eigenvalue weighted by atomic mass is 10.1. The maximum Gasteiger partial charge on any atom is 0.364 e. The van der Waals surface area contributed by atoms with Gasteiger partial charge < -0.3 is 5.32 Å². The number of alkyl halides is 1. The zero-order valence-electron chi connectivity index (χ0n) is 10.7. The molecule has 102 valence electrons. The molecule has 2 aromatic heterocycles. The van der Waals surface area contributed by atoms with Crippen molar-refractivity contribution in [3.8, 4) is 0 Å². The summed E-state index contributed by atoms with van der Waals surface area (Å²) in [6.07, 6.45) is 0. The number of hydrogen-bond donors (Lipinski definition) is 2. The van der Waals surface area contributed by atoms with E-state index in [0.29, 0.717) is 11.5 Å². The summed E-state index contributed by atoms with van der Waals surface area (Å²) in [5.74, 6) is 0.547. The van der Waals surface area contributed by atoms with Crippen LogP contribution in [0.15, 0.2) is 41.2 Å². The van der Waals surface area contributed by atoms with Gasteiger partial charge in [-0.15, -0.1) is 16.7 Å². The van der Waals surface area contributed by atoms with Crippen LogP contribution in [-0.4, -0.2) is 19.8 Å². The fourth-order valence-electron chi connectivity index (χ4n) is 1.97. The first-order chi connectivity index (χ1) is 9.65. The highest BCUT2D eigenvalue weighted by Gasteiger charge is 2.09. The minimum absolute atomic E-state index is 0.126. The third-order valence-corrected chi connectivity index (χ3v) is 3.16. The Kier molecular flexibility index (Phi) is 3.15.